The zero-order valence-electron chi connectivity index (χ0n) is 12.5. The molecule has 0 unspecified atom stereocenters. The van der Waals surface area contributed by atoms with Gasteiger partial charge in [0.25, 0.3) is 0 Å². The molecule has 20 heavy (non-hydrogen) atoms. The molecule has 0 N–H and O–H groups in total. The molecule has 0 amide bonds. The van der Waals surface area contributed by atoms with Crippen LogP contribution in [0.4, 0.5) is 0 Å². The van der Waals surface area contributed by atoms with E-state index < -0.39 is 8.07 Å². The Morgan fingerprint density at radius 3 is 1.50 bits per heavy atom. The maximum absolute atomic E-state index is 2.47. The third-order valence-electron chi connectivity index (χ3n) is 3.22. The molecule has 0 fully saturated rings. The fourth-order valence-electron chi connectivity index (χ4n) is 2.07. The molecule has 0 nitrogen and oxygen atoms in total. The van der Waals surface area contributed by atoms with E-state index in [1.54, 1.807) is 0 Å². The van der Waals surface area contributed by atoms with Crippen LogP contribution in [0.15, 0.2) is 60.7 Å². The molecule has 0 spiro atoms. The first-order valence-corrected chi connectivity index (χ1v) is 12.2. The quantitative estimate of drug-likeness (QED) is 0.555. The van der Waals surface area contributed by atoms with Crippen molar-refractivity contribution in [2.45, 2.75) is 25.7 Å². The molecular weight excluding hydrogens is 322 g/mol. The van der Waals surface area contributed by atoms with E-state index in [0.29, 0.717) is 0 Å². The maximum Gasteiger partial charge on any atom is 0.0446 e. The first kappa shape index (κ1) is 17.6. The smallest absolute Gasteiger partial charge is 0.0446 e. The Labute approximate surface area is 136 Å². The van der Waals surface area contributed by atoms with Gasteiger partial charge in [-0.15, -0.1) is 0 Å². The zero-order chi connectivity index (χ0) is 13.7. The van der Waals surface area contributed by atoms with Crippen LogP contribution in [0.3, 0.4) is 0 Å². The second-order valence-corrected chi connectivity index (χ2v) is 14.1. The van der Waals surface area contributed by atoms with Gasteiger partial charge in [0.1, 0.15) is 0 Å². The first-order valence-electron chi connectivity index (χ1n) is 6.94. The van der Waals surface area contributed by atoms with Gasteiger partial charge in [0.05, 0.1) is 0 Å². The van der Waals surface area contributed by atoms with Crippen LogP contribution in [0, 0.1) is 0 Å². The van der Waals surface area contributed by atoms with Gasteiger partial charge in [-0.3, -0.25) is 0 Å². The second-order valence-electron chi connectivity index (χ2n) is 6.13. The zero-order valence-corrected chi connectivity index (χ0v) is 15.4. The van der Waals surface area contributed by atoms with Gasteiger partial charge in [-0.1, -0.05) is 86.3 Å². The normalized spacial score (nSPS) is 11.2. The number of benzene rings is 2. The molecule has 0 aliphatic carbocycles. The largest absolute Gasteiger partial charge is 0.0695 e. The number of hydrogen-bond donors (Lipinski definition) is 0. The van der Waals surface area contributed by atoms with Crippen LogP contribution in [0.5, 0.6) is 0 Å². The topological polar surface area (TPSA) is 0 Å². The molecule has 2 rings (SSSR count). The molecule has 0 aliphatic heterocycles. The van der Waals surface area contributed by atoms with E-state index in [-0.39, 0.29) is 24.7 Å². The summed E-state index contributed by atoms with van der Waals surface area (Å²) < 4.78 is 0. The summed E-state index contributed by atoms with van der Waals surface area (Å²) in [5, 5.41) is 3.03. The van der Waals surface area contributed by atoms with E-state index >= 15 is 0 Å². The Hall–Kier alpha value is -0.407. The molecule has 0 atom stereocenters. The van der Waals surface area contributed by atoms with Crippen molar-refractivity contribution in [1.82, 2.24) is 0 Å². The first-order chi connectivity index (χ1) is 9.06. The van der Waals surface area contributed by atoms with Gasteiger partial charge in [-0.2, -0.15) is 0 Å². The Bertz CT molecular complexity index is 454. The van der Waals surface area contributed by atoms with Gasteiger partial charge in [-0.25, -0.2) is 0 Å². The van der Waals surface area contributed by atoms with Gasteiger partial charge < -0.3 is 0 Å². The Morgan fingerprint density at radius 1 is 0.750 bits per heavy atom. The molecule has 2 aromatic carbocycles. The van der Waals surface area contributed by atoms with Crippen LogP contribution >= 0.6 is 7.92 Å². The summed E-state index contributed by atoms with van der Waals surface area (Å²) in [6.07, 6.45) is 1.33. The van der Waals surface area contributed by atoms with Gasteiger partial charge in [0.15, 0.2) is 0 Å². The molecule has 3 heteroatoms. The summed E-state index contributed by atoms with van der Waals surface area (Å²) >= 11 is 0. The number of hydrogen-bond acceptors (Lipinski definition) is 0. The van der Waals surface area contributed by atoms with Crippen LogP contribution in [0.1, 0.15) is 0 Å². The van der Waals surface area contributed by atoms with Crippen LogP contribution in [0.25, 0.3) is 0 Å². The SMILES string of the molecule is C[Si](C)(C)CCP(c1ccccc1)c1ccccc1.[Co]. The van der Waals surface area contributed by atoms with Crippen LogP contribution in [-0.2, 0) is 16.8 Å². The third kappa shape index (κ3) is 5.53. The van der Waals surface area contributed by atoms with Crippen LogP contribution in [-0.4, -0.2) is 14.2 Å². The molecule has 0 aromatic heterocycles. The van der Waals surface area contributed by atoms with Crippen LogP contribution in [0.2, 0.25) is 25.7 Å². The summed E-state index contributed by atoms with van der Waals surface area (Å²) in [7, 11) is -1.15. The van der Waals surface area contributed by atoms with Gasteiger partial charge in [0, 0.05) is 24.9 Å². The van der Waals surface area contributed by atoms with Crippen molar-refractivity contribution in [1.29, 1.82) is 0 Å². The molecule has 109 valence electrons. The Balaban J connectivity index is 0.00000200. The number of rotatable bonds is 5. The summed E-state index contributed by atoms with van der Waals surface area (Å²) in [6, 6.07) is 23.5. The predicted molar refractivity (Wildman–Crippen MR) is 92.1 cm³/mol. The molecule has 2 aromatic rings. The standard InChI is InChI=1S/C17H23PSi.Co/c1-19(2,3)15-14-18(16-10-6-4-7-11-16)17-12-8-5-9-13-17;/h4-13H,14-15H2,1-3H3;. The summed E-state index contributed by atoms with van der Waals surface area (Å²) in [6.45, 7) is 7.41. The van der Waals surface area contributed by atoms with Crippen molar-refractivity contribution in [2.24, 2.45) is 0 Å². The molecule has 0 saturated carbocycles. The Morgan fingerprint density at radius 2 is 1.15 bits per heavy atom. The fourth-order valence-corrected chi connectivity index (χ4v) is 7.53. The van der Waals surface area contributed by atoms with Gasteiger partial charge in [0.2, 0.25) is 0 Å². The molecule has 1 radical (unpaired) electrons. The molecule has 0 saturated heterocycles. The summed E-state index contributed by atoms with van der Waals surface area (Å²) in [4.78, 5) is 0. The van der Waals surface area contributed by atoms with E-state index in [1.165, 1.54) is 22.8 Å². The van der Waals surface area contributed by atoms with E-state index in [0.717, 1.165) is 0 Å². The van der Waals surface area contributed by atoms with E-state index in [4.69, 9.17) is 0 Å². The van der Waals surface area contributed by atoms with Crippen molar-refractivity contribution < 1.29 is 16.8 Å². The third-order valence-corrected chi connectivity index (χ3v) is 7.91. The van der Waals surface area contributed by atoms with E-state index in [1.807, 2.05) is 0 Å². The summed E-state index contributed by atoms with van der Waals surface area (Å²) in [5.41, 5.74) is 0. The van der Waals surface area contributed by atoms with Gasteiger partial charge in [-0.05, 0) is 24.7 Å². The van der Waals surface area contributed by atoms with Crippen molar-refractivity contribution in [3.8, 4) is 0 Å². The molecule has 0 heterocycles. The minimum Gasteiger partial charge on any atom is -0.0695 e. The average Bonchev–Trinajstić information content (AvgIpc) is 2.40. The van der Waals surface area contributed by atoms with E-state index in [9.17, 15) is 0 Å². The monoisotopic (exact) mass is 345 g/mol. The van der Waals surface area contributed by atoms with Crippen LogP contribution < -0.4 is 10.6 Å². The second kappa shape index (κ2) is 8.14. The fraction of sp³-hybridized carbons (Fsp3) is 0.294. The minimum absolute atomic E-state index is 0. The minimum atomic E-state index is -0.970. The van der Waals surface area contributed by atoms with E-state index in [2.05, 4.69) is 80.3 Å². The van der Waals surface area contributed by atoms with Crippen molar-refractivity contribution >= 4 is 26.6 Å². The summed E-state index contributed by atoms with van der Waals surface area (Å²) in [5.74, 6) is 0. The van der Waals surface area contributed by atoms with Crippen molar-refractivity contribution in [3.05, 3.63) is 60.7 Å². The predicted octanol–water partition coefficient (Wildman–Crippen LogP) is 4.46. The van der Waals surface area contributed by atoms with Crippen molar-refractivity contribution in [3.63, 3.8) is 0 Å². The Kier molecular flexibility index (Phi) is 7.18. The molecular formula is C17H23CoPSi. The molecule has 0 bridgehead atoms. The van der Waals surface area contributed by atoms with Crippen molar-refractivity contribution in [2.75, 3.05) is 6.16 Å². The molecule has 0 aliphatic rings. The van der Waals surface area contributed by atoms with Gasteiger partial charge >= 0.3 is 0 Å². The maximum atomic E-state index is 2.47. The average molecular weight is 345 g/mol.